The molecule has 2 heterocycles. The van der Waals surface area contributed by atoms with Crippen LogP contribution in [-0.4, -0.2) is 77.3 Å². The highest BCUT2D eigenvalue weighted by Crippen LogP contribution is 2.46. The highest BCUT2D eigenvalue weighted by atomic mass is 16.6. The van der Waals surface area contributed by atoms with E-state index in [1.807, 2.05) is 24.3 Å². The number of epoxide rings is 2. The predicted molar refractivity (Wildman–Crippen MR) is 119 cm³/mol. The molecule has 0 N–H and O–H groups in total. The fourth-order valence-corrected chi connectivity index (χ4v) is 3.97. The third kappa shape index (κ3) is 8.19. The van der Waals surface area contributed by atoms with Crippen LogP contribution >= 0.6 is 0 Å². The maximum atomic E-state index is 6.47. The first-order valence-electron chi connectivity index (χ1n) is 12.0. The van der Waals surface area contributed by atoms with Crippen molar-refractivity contribution in [3.63, 3.8) is 0 Å². The summed E-state index contributed by atoms with van der Waals surface area (Å²) >= 11 is 0. The molecule has 0 radical (unpaired) electrons. The van der Waals surface area contributed by atoms with Gasteiger partial charge in [0.1, 0.15) is 35.9 Å². The van der Waals surface area contributed by atoms with Crippen LogP contribution in [0.4, 0.5) is 0 Å². The Bertz CT molecular complexity index is 687. The zero-order valence-corrected chi connectivity index (χ0v) is 19.5. The smallest absolute Gasteiger partial charge is 0.123 e. The lowest BCUT2D eigenvalue weighted by molar-refractivity contribution is -0.0282. The summed E-state index contributed by atoms with van der Waals surface area (Å²) < 4.78 is 39.9. The monoisotopic (exact) mass is 450 g/mol. The van der Waals surface area contributed by atoms with Gasteiger partial charge in [0.05, 0.1) is 32.5 Å². The van der Waals surface area contributed by atoms with Crippen molar-refractivity contribution in [1.29, 1.82) is 0 Å². The Hall–Kier alpha value is -1.38. The SMILES string of the molecule is COCC(COc1cccc(OC(C)(CC2CO2)C2CC2)c1)OCCCCOCC1CO1. The molecule has 1 aliphatic carbocycles. The molecule has 0 amide bonds. The number of methoxy groups -OCH3 is 1. The Kier molecular flexibility index (Phi) is 8.66. The molecule has 4 rings (SSSR count). The molecule has 180 valence electrons. The van der Waals surface area contributed by atoms with Crippen LogP contribution in [0, 0.1) is 5.92 Å². The molecule has 7 nitrogen and oxygen atoms in total. The van der Waals surface area contributed by atoms with Gasteiger partial charge in [-0.1, -0.05) is 6.07 Å². The Morgan fingerprint density at radius 1 is 1.03 bits per heavy atom. The third-order valence-corrected chi connectivity index (χ3v) is 6.16. The maximum Gasteiger partial charge on any atom is 0.123 e. The van der Waals surface area contributed by atoms with Gasteiger partial charge in [0, 0.05) is 32.8 Å². The fourth-order valence-electron chi connectivity index (χ4n) is 3.97. The van der Waals surface area contributed by atoms with Crippen LogP contribution in [0.15, 0.2) is 24.3 Å². The van der Waals surface area contributed by atoms with Gasteiger partial charge in [-0.3, -0.25) is 0 Å². The van der Waals surface area contributed by atoms with Gasteiger partial charge in [-0.25, -0.2) is 0 Å². The number of hydrogen-bond donors (Lipinski definition) is 0. The molecule has 0 bridgehead atoms. The van der Waals surface area contributed by atoms with E-state index in [0.29, 0.717) is 44.6 Å². The summed E-state index contributed by atoms with van der Waals surface area (Å²) in [6.45, 7) is 6.95. The molecule has 4 unspecified atom stereocenters. The minimum Gasteiger partial charge on any atom is -0.491 e. The summed E-state index contributed by atoms with van der Waals surface area (Å²) in [5.74, 6) is 2.24. The second kappa shape index (κ2) is 11.7. The Morgan fingerprint density at radius 3 is 2.50 bits per heavy atom. The van der Waals surface area contributed by atoms with E-state index < -0.39 is 0 Å². The van der Waals surface area contributed by atoms with E-state index in [1.54, 1.807) is 7.11 Å². The van der Waals surface area contributed by atoms with E-state index in [0.717, 1.165) is 50.6 Å². The molecule has 4 atom stereocenters. The first-order chi connectivity index (χ1) is 15.6. The lowest BCUT2D eigenvalue weighted by Gasteiger charge is -2.30. The van der Waals surface area contributed by atoms with Crippen molar-refractivity contribution in [2.75, 3.05) is 53.4 Å². The molecule has 1 aromatic rings. The van der Waals surface area contributed by atoms with E-state index in [-0.39, 0.29) is 11.7 Å². The second-order valence-corrected chi connectivity index (χ2v) is 9.32. The first-order valence-corrected chi connectivity index (χ1v) is 12.0. The summed E-state index contributed by atoms with van der Waals surface area (Å²) in [6, 6.07) is 7.90. The molecule has 1 saturated carbocycles. The highest BCUT2D eigenvalue weighted by Gasteiger charge is 2.47. The van der Waals surface area contributed by atoms with E-state index in [9.17, 15) is 0 Å². The molecule has 1 aromatic carbocycles. The normalized spacial score (nSPS) is 24.6. The van der Waals surface area contributed by atoms with Crippen molar-refractivity contribution in [1.82, 2.24) is 0 Å². The van der Waals surface area contributed by atoms with Crippen LogP contribution in [-0.2, 0) is 23.7 Å². The van der Waals surface area contributed by atoms with Gasteiger partial charge in [-0.05, 0) is 50.7 Å². The van der Waals surface area contributed by atoms with Crippen LogP contribution < -0.4 is 9.47 Å². The Morgan fingerprint density at radius 2 is 1.78 bits per heavy atom. The number of benzene rings is 1. The van der Waals surface area contributed by atoms with Crippen LogP contribution in [0.1, 0.15) is 39.0 Å². The molecule has 32 heavy (non-hydrogen) atoms. The summed E-state index contributed by atoms with van der Waals surface area (Å²) in [7, 11) is 1.68. The van der Waals surface area contributed by atoms with Crippen molar-refractivity contribution < 1.29 is 33.2 Å². The zero-order valence-electron chi connectivity index (χ0n) is 19.5. The summed E-state index contributed by atoms with van der Waals surface area (Å²) in [5.41, 5.74) is -0.170. The summed E-state index contributed by atoms with van der Waals surface area (Å²) in [4.78, 5) is 0. The highest BCUT2D eigenvalue weighted by molar-refractivity contribution is 5.33. The van der Waals surface area contributed by atoms with Gasteiger partial charge < -0.3 is 33.2 Å². The average Bonchev–Trinajstić information content (AvgIpc) is 3.62. The van der Waals surface area contributed by atoms with Gasteiger partial charge in [0.15, 0.2) is 0 Å². The first kappa shape index (κ1) is 23.8. The standard InChI is InChI=1S/C25H38O7/c1-25(19-8-9-19,13-22-16-30-22)32-21-7-5-6-20(12-21)29-17-23(14-26-2)28-11-4-3-10-27-15-24-18-31-24/h5-7,12,19,22-24H,3-4,8-11,13-18H2,1-2H3. The fraction of sp³-hybridized carbons (Fsp3) is 0.760. The molecule has 3 aliphatic rings. The molecular formula is C25H38O7. The maximum absolute atomic E-state index is 6.47. The second-order valence-electron chi connectivity index (χ2n) is 9.32. The number of ether oxygens (including phenoxy) is 7. The third-order valence-electron chi connectivity index (χ3n) is 6.16. The van der Waals surface area contributed by atoms with Crippen LogP contribution in [0.5, 0.6) is 11.5 Å². The van der Waals surface area contributed by atoms with Crippen molar-refractivity contribution in [3.05, 3.63) is 24.3 Å². The molecule has 3 fully saturated rings. The zero-order chi connectivity index (χ0) is 22.2. The summed E-state index contributed by atoms with van der Waals surface area (Å²) in [5, 5.41) is 0. The minimum absolute atomic E-state index is 0.117. The quantitative estimate of drug-likeness (QED) is 0.250. The molecular weight excluding hydrogens is 412 g/mol. The van der Waals surface area contributed by atoms with E-state index in [2.05, 4.69) is 6.92 Å². The van der Waals surface area contributed by atoms with Crippen LogP contribution in [0.2, 0.25) is 0 Å². The molecule has 0 aromatic heterocycles. The number of rotatable bonds is 18. The van der Waals surface area contributed by atoms with Crippen molar-refractivity contribution in [3.8, 4) is 11.5 Å². The number of hydrogen-bond acceptors (Lipinski definition) is 7. The van der Waals surface area contributed by atoms with E-state index >= 15 is 0 Å². The van der Waals surface area contributed by atoms with Crippen molar-refractivity contribution >= 4 is 0 Å². The topological polar surface area (TPSA) is 71.2 Å². The van der Waals surface area contributed by atoms with Crippen LogP contribution in [0.25, 0.3) is 0 Å². The lowest BCUT2D eigenvalue weighted by atomic mass is 9.94. The van der Waals surface area contributed by atoms with E-state index in [1.165, 1.54) is 12.8 Å². The molecule has 2 aliphatic heterocycles. The lowest BCUT2D eigenvalue weighted by Crippen LogP contribution is -2.36. The van der Waals surface area contributed by atoms with Gasteiger partial charge in [-0.2, -0.15) is 0 Å². The van der Waals surface area contributed by atoms with Crippen LogP contribution in [0.3, 0.4) is 0 Å². The largest absolute Gasteiger partial charge is 0.491 e. The minimum atomic E-state index is -0.170. The Labute approximate surface area is 191 Å². The van der Waals surface area contributed by atoms with Crippen molar-refractivity contribution in [2.45, 2.75) is 62.9 Å². The molecule has 0 spiro atoms. The summed E-state index contributed by atoms with van der Waals surface area (Å²) in [6.07, 6.45) is 5.89. The van der Waals surface area contributed by atoms with Gasteiger partial charge >= 0.3 is 0 Å². The van der Waals surface area contributed by atoms with E-state index in [4.69, 9.17) is 33.2 Å². The Balaban J connectivity index is 1.18. The average molecular weight is 451 g/mol. The molecule has 7 heteroatoms. The van der Waals surface area contributed by atoms with Gasteiger partial charge in [0.25, 0.3) is 0 Å². The molecule has 2 saturated heterocycles. The van der Waals surface area contributed by atoms with Gasteiger partial charge in [0.2, 0.25) is 0 Å². The van der Waals surface area contributed by atoms with Gasteiger partial charge in [-0.15, -0.1) is 0 Å². The van der Waals surface area contributed by atoms with Crippen molar-refractivity contribution in [2.24, 2.45) is 5.92 Å². The predicted octanol–water partition coefficient (Wildman–Crippen LogP) is 3.63. The number of unbranched alkanes of at least 4 members (excludes halogenated alkanes) is 1.